The second-order valence-corrected chi connectivity index (χ2v) is 3.84. The van der Waals surface area contributed by atoms with E-state index in [1.54, 1.807) is 0 Å². The molecule has 0 unspecified atom stereocenters. The van der Waals surface area contributed by atoms with Crippen LogP contribution >= 0.6 is 0 Å². The van der Waals surface area contributed by atoms with Gasteiger partial charge in [-0.25, -0.2) is 4.79 Å². The van der Waals surface area contributed by atoms with Gasteiger partial charge in [0.2, 0.25) is 0 Å². The standard InChI is InChI=1S/C13H18N2O4/c16-12(17)7-4-8-14-13(18)15-9-10-19-11-5-2-1-3-6-11/h1-3,5-6H,4,7-10H2,(H,16,17)(H2,14,15,18). The third-order valence-corrected chi connectivity index (χ3v) is 2.25. The first kappa shape index (κ1) is 14.8. The van der Waals surface area contributed by atoms with Crippen molar-refractivity contribution in [3.63, 3.8) is 0 Å². The van der Waals surface area contributed by atoms with Crippen LogP contribution in [0.2, 0.25) is 0 Å². The molecule has 0 heterocycles. The fraction of sp³-hybridized carbons (Fsp3) is 0.385. The minimum absolute atomic E-state index is 0.0530. The Morgan fingerprint density at radius 2 is 1.79 bits per heavy atom. The summed E-state index contributed by atoms with van der Waals surface area (Å²) in [6, 6.07) is 9.01. The number of rotatable bonds is 8. The van der Waals surface area contributed by atoms with Crippen molar-refractivity contribution >= 4 is 12.0 Å². The number of nitrogens with one attached hydrogen (secondary N) is 2. The number of urea groups is 1. The molecule has 0 radical (unpaired) electrons. The van der Waals surface area contributed by atoms with Gasteiger partial charge in [0, 0.05) is 13.0 Å². The quantitative estimate of drug-likeness (QED) is 0.617. The number of hydrogen-bond acceptors (Lipinski definition) is 3. The van der Waals surface area contributed by atoms with Crippen molar-refractivity contribution in [2.24, 2.45) is 0 Å². The van der Waals surface area contributed by atoms with Gasteiger partial charge in [-0.2, -0.15) is 0 Å². The molecule has 1 aromatic rings. The van der Waals surface area contributed by atoms with Gasteiger partial charge < -0.3 is 20.5 Å². The Hall–Kier alpha value is -2.24. The van der Waals surface area contributed by atoms with E-state index >= 15 is 0 Å². The smallest absolute Gasteiger partial charge is 0.314 e. The van der Waals surface area contributed by atoms with Gasteiger partial charge in [0.1, 0.15) is 12.4 Å². The molecule has 0 atom stereocenters. The van der Waals surface area contributed by atoms with Crippen LogP contribution in [0.3, 0.4) is 0 Å². The lowest BCUT2D eigenvalue weighted by molar-refractivity contribution is -0.137. The molecule has 0 saturated carbocycles. The predicted octanol–water partition coefficient (Wildman–Crippen LogP) is 1.23. The third-order valence-electron chi connectivity index (χ3n) is 2.25. The highest BCUT2D eigenvalue weighted by atomic mass is 16.5. The van der Waals surface area contributed by atoms with Crippen molar-refractivity contribution in [1.82, 2.24) is 10.6 Å². The maximum absolute atomic E-state index is 11.3. The number of carboxylic acid groups (broad SMARTS) is 1. The molecule has 0 saturated heterocycles. The van der Waals surface area contributed by atoms with Crippen LogP contribution < -0.4 is 15.4 Å². The Balaban J connectivity index is 2.00. The average Bonchev–Trinajstić information content (AvgIpc) is 2.41. The van der Waals surface area contributed by atoms with E-state index in [0.29, 0.717) is 26.1 Å². The highest BCUT2D eigenvalue weighted by Crippen LogP contribution is 2.07. The number of carbonyl (C=O) groups is 2. The zero-order chi connectivity index (χ0) is 13.9. The Labute approximate surface area is 111 Å². The fourth-order valence-corrected chi connectivity index (χ4v) is 1.35. The van der Waals surface area contributed by atoms with Gasteiger partial charge in [-0.1, -0.05) is 18.2 Å². The van der Waals surface area contributed by atoms with E-state index in [1.165, 1.54) is 0 Å². The molecular weight excluding hydrogens is 248 g/mol. The second-order valence-electron chi connectivity index (χ2n) is 3.84. The molecule has 0 aliphatic heterocycles. The van der Waals surface area contributed by atoms with E-state index in [0.717, 1.165) is 5.75 Å². The second kappa shape index (κ2) is 8.79. The highest BCUT2D eigenvalue weighted by molar-refractivity contribution is 5.73. The van der Waals surface area contributed by atoms with Gasteiger partial charge in [0.25, 0.3) is 0 Å². The Morgan fingerprint density at radius 1 is 1.11 bits per heavy atom. The number of benzene rings is 1. The normalized spacial score (nSPS) is 9.68. The zero-order valence-corrected chi connectivity index (χ0v) is 10.6. The van der Waals surface area contributed by atoms with E-state index < -0.39 is 5.97 Å². The molecule has 0 fully saturated rings. The summed E-state index contributed by atoms with van der Waals surface area (Å²) in [4.78, 5) is 21.5. The first-order chi connectivity index (χ1) is 9.18. The van der Waals surface area contributed by atoms with Crippen LogP contribution in [0, 0.1) is 0 Å². The summed E-state index contributed by atoms with van der Waals surface area (Å²) in [6.45, 7) is 1.11. The number of para-hydroxylation sites is 1. The Bertz CT molecular complexity index is 395. The van der Waals surface area contributed by atoms with E-state index in [1.807, 2.05) is 30.3 Å². The summed E-state index contributed by atoms with van der Waals surface area (Å²) in [5, 5.41) is 13.6. The summed E-state index contributed by atoms with van der Waals surface area (Å²) in [5.41, 5.74) is 0. The summed E-state index contributed by atoms with van der Waals surface area (Å²) in [7, 11) is 0. The number of carbonyl (C=O) groups excluding carboxylic acids is 1. The first-order valence-corrected chi connectivity index (χ1v) is 6.10. The summed E-state index contributed by atoms with van der Waals surface area (Å²) in [6.07, 6.45) is 0.473. The molecule has 0 bridgehead atoms. The highest BCUT2D eigenvalue weighted by Gasteiger charge is 2.00. The average molecular weight is 266 g/mol. The number of carboxylic acids is 1. The molecule has 2 amide bonds. The Morgan fingerprint density at radius 3 is 2.47 bits per heavy atom. The molecule has 0 aromatic heterocycles. The van der Waals surface area contributed by atoms with Crippen LogP contribution in [0.1, 0.15) is 12.8 Å². The molecule has 1 rings (SSSR count). The molecule has 0 aliphatic rings. The third kappa shape index (κ3) is 7.64. The predicted molar refractivity (Wildman–Crippen MR) is 70.2 cm³/mol. The van der Waals surface area contributed by atoms with Gasteiger partial charge in [0.15, 0.2) is 0 Å². The van der Waals surface area contributed by atoms with E-state index in [4.69, 9.17) is 9.84 Å². The number of aliphatic carboxylic acids is 1. The van der Waals surface area contributed by atoms with Crippen LogP contribution in [0.15, 0.2) is 30.3 Å². The molecule has 0 spiro atoms. The molecule has 6 nitrogen and oxygen atoms in total. The van der Waals surface area contributed by atoms with Crippen LogP contribution in [-0.4, -0.2) is 36.8 Å². The van der Waals surface area contributed by atoms with E-state index in [2.05, 4.69) is 10.6 Å². The lowest BCUT2D eigenvalue weighted by Crippen LogP contribution is -2.38. The topological polar surface area (TPSA) is 87.7 Å². The molecule has 104 valence electrons. The van der Waals surface area contributed by atoms with Crippen molar-refractivity contribution in [3.05, 3.63) is 30.3 Å². The maximum Gasteiger partial charge on any atom is 0.314 e. The number of amides is 2. The van der Waals surface area contributed by atoms with Gasteiger partial charge >= 0.3 is 12.0 Å². The molecule has 6 heteroatoms. The van der Waals surface area contributed by atoms with Crippen molar-refractivity contribution in [2.45, 2.75) is 12.8 Å². The molecule has 0 aliphatic carbocycles. The van der Waals surface area contributed by atoms with Crippen LogP contribution in [-0.2, 0) is 4.79 Å². The summed E-state index contributed by atoms with van der Waals surface area (Å²) < 4.78 is 5.39. The van der Waals surface area contributed by atoms with Crippen molar-refractivity contribution in [2.75, 3.05) is 19.7 Å². The van der Waals surface area contributed by atoms with Crippen molar-refractivity contribution in [1.29, 1.82) is 0 Å². The lowest BCUT2D eigenvalue weighted by Gasteiger charge is -2.08. The molecular formula is C13H18N2O4. The lowest BCUT2D eigenvalue weighted by atomic mass is 10.3. The van der Waals surface area contributed by atoms with Gasteiger partial charge in [-0.3, -0.25) is 4.79 Å². The Kier molecular flexibility index (Phi) is 6.86. The SMILES string of the molecule is O=C(O)CCCNC(=O)NCCOc1ccccc1. The van der Waals surface area contributed by atoms with Crippen LogP contribution in [0.5, 0.6) is 5.75 Å². The van der Waals surface area contributed by atoms with Gasteiger partial charge in [-0.05, 0) is 18.6 Å². The molecule has 1 aromatic carbocycles. The summed E-state index contributed by atoms with van der Waals surface area (Å²) >= 11 is 0. The maximum atomic E-state index is 11.3. The number of ether oxygens (including phenoxy) is 1. The summed E-state index contributed by atoms with van der Waals surface area (Å²) in [5.74, 6) is -0.107. The fourth-order valence-electron chi connectivity index (χ4n) is 1.35. The monoisotopic (exact) mass is 266 g/mol. The van der Waals surface area contributed by atoms with E-state index in [-0.39, 0.29) is 12.5 Å². The zero-order valence-electron chi connectivity index (χ0n) is 10.6. The largest absolute Gasteiger partial charge is 0.492 e. The molecule has 3 N–H and O–H groups in total. The minimum Gasteiger partial charge on any atom is -0.492 e. The van der Waals surface area contributed by atoms with Gasteiger partial charge in [-0.15, -0.1) is 0 Å². The van der Waals surface area contributed by atoms with E-state index in [9.17, 15) is 9.59 Å². The molecule has 19 heavy (non-hydrogen) atoms. The van der Waals surface area contributed by atoms with Crippen molar-refractivity contribution in [3.8, 4) is 5.75 Å². The van der Waals surface area contributed by atoms with Crippen LogP contribution in [0.25, 0.3) is 0 Å². The van der Waals surface area contributed by atoms with Crippen LogP contribution in [0.4, 0.5) is 4.79 Å². The van der Waals surface area contributed by atoms with Gasteiger partial charge in [0.05, 0.1) is 6.54 Å². The minimum atomic E-state index is -0.863. The first-order valence-electron chi connectivity index (χ1n) is 6.10. The van der Waals surface area contributed by atoms with Crippen molar-refractivity contribution < 1.29 is 19.4 Å². The number of hydrogen-bond donors (Lipinski definition) is 3.